The van der Waals surface area contributed by atoms with E-state index in [-0.39, 0.29) is 35.8 Å². The van der Waals surface area contributed by atoms with Gasteiger partial charge < -0.3 is 39.6 Å². The van der Waals surface area contributed by atoms with Crippen molar-refractivity contribution in [3.8, 4) is 17.1 Å². The monoisotopic (exact) mass is 906 g/mol. The molecule has 350 valence electrons. The van der Waals surface area contributed by atoms with Crippen LogP contribution in [0.4, 0.5) is 34.4 Å². The molecule has 4 aliphatic heterocycles. The zero-order valence-electron chi connectivity index (χ0n) is 39.3. The first-order valence-electron chi connectivity index (χ1n) is 23.8. The molecule has 5 aliphatic rings. The molecule has 2 saturated heterocycles. The van der Waals surface area contributed by atoms with Crippen molar-refractivity contribution in [2.45, 2.75) is 97.7 Å². The van der Waals surface area contributed by atoms with Gasteiger partial charge in [0.2, 0.25) is 5.91 Å². The summed E-state index contributed by atoms with van der Waals surface area (Å²) in [5.74, 6) is 0.550. The molecular formula is C52H62N10O5. The molecule has 5 aromatic rings. The number of hydrogen-bond acceptors (Lipinski definition) is 12. The molecule has 3 atom stereocenters. The van der Waals surface area contributed by atoms with Crippen LogP contribution in [0.25, 0.3) is 11.3 Å². The Bertz CT molecular complexity index is 2730. The van der Waals surface area contributed by atoms with Gasteiger partial charge in [-0.1, -0.05) is 32.6 Å². The van der Waals surface area contributed by atoms with Crippen LogP contribution in [0.15, 0.2) is 73.6 Å². The van der Waals surface area contributed by atoms with Gasteiger partial charge in [-0.2, -0.15) is 0 Å². The smallest absolute Gasteiger partial charge is 0.276 e. The zero-order valence-corrected chi connectivity index (χ0v) is 39.3. The van der Waals surface area contributed by atoms with Crippen molar-refractivity contribution >= 4 is 46.2 Å². The van der Waals surface area contributed by atoms with Crippen molar-refractivity contribution in [1.29, 1.82) is 0 Å². The number of fused-ring (bicyclic) bond motifs is 4. The van der Waals surface area contributed by atoms with E-state index in [1.807, 2.05) is 24.3 Å². The summed E-state index contributed by atoms with van der Waals surface area (Å²) in [6, 6.07) is 17.5. The largest absolute Gasteiger partial charge is 0.478 e. The number of ether oxygens (including phenoxy) is 2. The average molecular weight is 907 g/mol. The number of piperidine rings is 1. The standard InChI is InChI=1S/C52H62N10O5/c1-7-47(64)56-41-25-36(11-12-44(41)60-19-18-58(29-33(60)3)37-14-17-59(32(2)23-37)43-10-8-9-34-31-67-22-15-38(34)43)55-48-50(66-6)54-28-42(57-48)39-13-16-53-49(40(39)30-63)62-21-20-61-45(51(62)65)24-35-26-52(4,5)27-46(35)61/h7-13,16,24-25,28,32-33,37,63H,1,14-15,17-23,26-27,29-31H2,2-6H3,(H,55,57)(H,56,64)/t32-,33-,37?/m0/s1. The lowest BCUT2D eigenvalue weighted by atomic mass is 9.90. The topological polar surface area (TPSA) is 153 Å². The molecule has 1 unspecified atom stereocenters. The fourth-order valence-electron chi connectivity index (χ4n) is 11.4. The maximum absolute atomic E-state index is 14.1. The van der Waals surface area contributed by atoms with Gasteiger partial charge in [-0.3, -0.25) is 19.4 Å². The summed E-state index contributed by atoms with van der Waals surface area (Å²) in [5.41, 5.74) is 11.2. The Hall–Kier alpha value is -6.29. The minimum absolute atomic E-state index is 0.135. The fourth-order valence-corrected chi connectivity index (χ4v) is 11.4. The summed E-state index contributed by atoms with van der Waals surface area (Å²) in [4.78, 5) is 50.5. The second-order valence-corrected chi connectivity index (χ2v) is 19.6. The van der Waals surface area contributed by atoms with Crippen molar-refractivity contribution < 1.29 is 24.2 Å². The van der Waals surface area contributed by atoms with E-state index in [2.05, 4.69) is 92.3 Å². The summed E-state index contributed by atoms with van der Waals surface area (Å²) in [5, 5.41) is 17.3. The first-order valence-corrected chi connectivity index (χ1v) is 23.8. The number of aliphatic hydroxyl groups is 1. The third kappa shape index (κ3) is 8.42. The van der Waals surface area contributed by atoms with Crippen LogP contribution in [0, 0.1) is 5.41 Å². The number of nitrogens with one attached hydrogen (secondary N) is 2. The van der Waals surface area contributed by atoms with Crippen LogP contribution in [0.3, 0.4) is 0 Å². The molecule has 1 aliphatic carbocycles. The van der Waals surface area contributed by atoms with E-state index in [1.165, 1.54) is 41.3 Å². The molecule has 2 fully saturated rings. The van der Waals surface area contributed by atoms with E-state index in [0.717, 1.165) is 70.6 Å². The molecule has 2 aromatic carbocycles. The van der Waals surface area contributed by atoms with Gasteiger partial charge in [0.25, 0.3) is 11.8 Å². The predicted molar refractivity (Wildman–Crippen MR) is 262 cm³/mol. The van der Waals surface area contributed by atoms with Crippen molar-refractivity contribution in [3.05, 3.63) is 107 Å². The van der Waals surface area contributed by atoms with Crippen LogP contribution in [0.2, 0.25) is 0 Å². The SMILES string of the molecule is C=CC(=O)Nc1cc(Nc2nc(-c3ccnc(N4CCn5c(cc6c5CC(C)(C)C6)C4=O)c3CO)cnc2OC)ccc1N1CCN(C2CCN(c3cccc4c3CCOC4)[C@@H](C)C2)C[C@@H]1C. The second-order valence-electron chi connectivity index (χ2n) is 19.6. The lowest BCUT2D eigenvalue weighted by Crippen LogP contribution is -2.58. The number of carbonyl (C=O) groups excluding carboxylic acids is 2. The molecule has 3 aromatic heterocycles. The van der Waals surface area contributed by atoms with E-state index >= 15 is 0 Å². The van der Waals surface area contributed by atoms with Crippen LogP contribution < -0.4 is 30.1 Å². The number of aromatic nitrogens is 4. The van der Waals surface area contributed by atoms with E-state index in [9.17, 15) is 14.7 Å². The Morgan fingerprint density at radius 3 is 2.64 bits per heavy atom. The highest BCUT2D eigenvalue weighted by Gasteiger charge is 2.39. The summed E-state index contributed by atoms with van der Waals surface area (Å²) in [6.07, 6.45) is 9.58. The highest BCUT2D eigenvalue weighted by Crippen LogP contribution is 2.41. The van der Waals surface area contributed by atoms with E-state index < -0.39 is 0 Å². The minimum atomic E-state index is -0.366. The zero-order chi connectivity index (χ0) is 46.6. The number of carbonyl (C=O) groups is 2. The molecule has 0 bridgehead atoms. The number of methoxy groups -OCH3 is 1. The fraction of sp³-hybridized carbons (Fsp3) is 0.442. The lowest BCUT2D eigenvalue weighted by Gasteiger charge is -2.49. The Labute approximate surface area is 392 Å². The minimum Gasteiger partial charge on any atom is -0.478 e. The molecule has 3 N–H and O–H groups in total. The molecule has 67 heavy (non-hydrogen) atoms. The first kappa shape index (κ1) is 44.5. The Morgan fingerprint density at radius 1 is 1.00 bits per heavy atom. The predicted octanol–water partition coefficient (Wildman–Crippen LogP) is 7.14. The number of rotatable bonds is 11. The lowest BCUT2D eigenvalue weighted by molar-refractivity contribution is -0.111. The van der Waals surface area contributed by atoms with E-state index in [4.69, 9.17) is 14.5 Å². The molecule has 0 saturated carbocycles. The Morgan fingerprint density at radius 2 is 1.85 bits per heavy atom. The highest BCUT2D eigenvalue weighted by atomic mass is 16.5. The highest BCUT2D eigenvalue weighted by molar-refractivity contribution is 6.06. The normalized spacial score (nSPS) is 21.4. The van der Waals surface area contributed by atoms with Gasteiger partial charge in [0.1, 0.15) is 11.5 Å². The van der Waals surface area contributed by atoms with Gasteiger partial charge in [-0.15, -0.1) is 0 Å². The van der Waals surface area contributed by atoms with Crippen LogP contribution in [0.1, 0.15) is 79.0 Å². The maximum Gasteiger partial charge on any atom is 0.276 e. The van der Waals surface area contributed by atoms with Gasteiger partial charge in [0.05, 0.1) is 50.2 Å². The summed E-state index contributed by atoms with van der Waals surface area (Å²) >= 11 is 0. The Kier molecular flexibility index (Phi) is 12.0. The number of pyridine rings is 1. The van der Waals surface area contributed by atoms with Crippen molar-refractivity contribution in [2.24, 2.45) is 5.41 Å². The summed E-state index contributed by atoms with van der Waals surface area (Å²) in [6.45, 7) is 18.8. The van der Waals surface area contributed by atoms with Gasteiger partial charge in [0.15, 0.2) is 5.82 Å². The molecule has 7 heterocycles. The van der Waals surface area contributed by atoms with Crippen molar-refractivity contribution in [1.82, 2.24) is 24.4 Å². The number of nitrogens with zero attached hydrogens (tertiary/aromatic N) is 8. The third-order valence-electron chi connectivity index (χ3n) is 14.6. The number of anilines is 6. The molecule has 0 spiro atoms. The van der Waals surface area contributed by atoms with Crippen LogP contribution in [-0.4, -0.2) is 106 Å². The average Bonchev–Trinajstić information content (AvgIpc) is 3.83. The number of amides is 2. The van der Waals surface area contributed by atoms with Gasteiger partial charge in [0, 0.05) is 91.8 Å². The number of piperazine rings is 1. The molecule has 0 radical (unpaired) electrons. The van der Waals surface area contributed by atoms with Gasteiger partial charge in [-0.25, -0.2) is 15.0 Å². The molecule has 15 nitrogen and oxygen atoms in total. The third-order valence-corrected chi connectivity index (χ3v) is 14.6. The summed E-state index contributed by atoms with van der Waals surface area (Å²) in [7, 11) is 1.53. The summed E-state index contributed by atoms with van der Waals surface area (Å²) < 4.78 is 13.6. The van der Waals surface area contributed by atoms with Gasteiger partial charge in [-0.05, 0) is 111 Å². The van der Waals surface area contributed by atoms with E-state index in [1.54, 1.807) is 23.4 Å². The second kappa shape index (κ2) is 18.1. The van der Waals surface area contributed by atoms with E-state index in [0.29, 0.717) is 77.3 Å². The molecule has 15 heteroatoms. The number of hydrogen-bond donors (Lipinski definition) is 3. The van der Waals surface area contributed by atoms with Crippen molar-refractivity contribution in [3.63, 3.8) is 0 Å². The van der Waals surface area contributed by atoms with Crippen molar-refractivity contribution in [2.75, 3.05) is 71.8 Å². The van der Waals surface area contributed by atoms with Gasteiger partial charge >= 0.3 is 0 Å². The number of aliphatic hydroxyl groups excluding tert-OH is 1. The van der Waals surface area contributed by atoms with Crippen LogP contribution in [-0.2, 0) is 48.6 Å². The molecular weight excluding hydrogens is 845 g/mol. The Balaban J connectivity index is 0.860. The van der Waals surface area contributed by atoms with Crippen LogP contribution in [0.5, 0.6) is 5.88 Å². The molecule has 2 amide bonds. The maximum atomic E-state index is 14.1. The first-order chi connectivity index (χ1) is 32.4. The van der Waals surface area contributed by atoms with Crippen LogP contribution >= 0.6 is 0 Å². The molecule has 10 rings (SSSR count). The quantitative estimate of drug-likeness (QED) is 0.116. The number of benzene rings is 2.